The van der Waals surface area contributed by atoms with Crippen molar-refractivity contribution in [3.63, 3.8) is 0 Å². The number of carbonyl (C=O) groups is 1. The van der Waals surface area contributed by atoms with Crippen LogP contribution in [-0.2, 0) is 4.79 Å². The lowest BCUT2D eigenvalue weighted by Crippen LogP contribution is -2.06. The highest BCUT2D eigenvalue weighted by Crippen LogP contribution is 2.33. The third kappa shape index (κ3) is 3.89. The van der Waals surface area contributed by atoms with Crippen LogP contribution in [0, 0.1) is 0 Å². The van der Waals surface area contributed by atoms with Crippen molar-refractivity contribution in [3.8, 4) is 5.75 Å². The maximum Gasteiger partial charge on any atom is 0.304 e. The molecule has 1 aromatic rings. The summed E-state index contributed by atoms with van der Waals surface area (Å²) in [5, 5.41) is 12.5. The smallest absolute Gasteiger partial charge is 0.304 e. The van der Waals surface area contributed by atoms with Crippen LogP contribution in [0.1, 0.15) is 43.4 Å². The number of ether oxygens (including phenoxy) is 1. The summed E-state index contributed by atoms with van der Waals surface area (Å²) >= 11 is 0. The van der Waals surface area contributed by atoms with Crippen molar-refractivity contribution in [2.45, 2.75) is 32.2 Å². The summed E-state index contributed by atoms with van der Waals surface area (Å²) in [7, 11) is 1.50. The predicted octanol–water partition coefficient (Wildman–Crippen LogP) is 3.64. The molecule has 0 aliphatic heterocycles. The summed E-state index contributed by atoms with van der Waals surface area (Å²) in [5.74, 6) is -0.196. The molecule has 1 atom stereocenters. The van der Waals surface area contributed by atoms with E-state index in [2.05, 4.69) is 10.0 Å². The van der Waals surface area contributed by atoms with E-state index in [1.54, 1.807) is 6.07 Å². The van der Waals surface area contributed by atoms with Gasteiger partial charge in [0.2, 0.25) is 0 Å². The Labute approximate surface area is 111 Å². The van der Waals surface area contributed by atoms with Gasteiger partial charge in [0.1, 0.15) is 5.75 Å². The summed E-state index contributed by atoms with van der Waals surface area (Å²) in [4.78, 5) is 13.6. The van der Waals surface area contributed by atoms with Gasteiger partial charge >= 0.3 is 5.97 Å². The van der Waals surface area contributed by atoms with Crippen molar-refractivity contribution in [1.82, 2.24) is 0 Å². The van der Waals surface area contributed by atoms with Crippen LogP contribution >= 0.6 is 0 Å². The van der Waals surface area contributed by atoms with Crippen molar-refractivity contribution in [2.24, 2.45) is 5.11 Å². The van der Waals surface area contributed by atoms with Gasteiger partial charge in [-0.25, -0.2) is 0 Å². The number of carboxylic acid groups (broad SMARTS) is 1. The van der Waals surface area contributed by atoms with E-state index in [1.165, 1.54) is 7.11 Å². The first-order chi connectivity index (χ1) is 8.99. The third-order valence-electron chi connectivity index (χ3n) is 2.84. The molecule has 19 heavy (non-hydrogen) atoms. The van der Waals surface area contributed by atoms with Crippen molar-refractivity contribution in [1.29, 1.82) is 0 Å². The molecule has 0 aliphatic rings. The van der Waals surface area contributed by atoms with Crippen LogP contribution in [0.25, 0.3) is 10.4 Å². The SMILES string of the molecule is COc1ccc(C(C)C)cc1C(CC(=O)O)N=[N+]=[N-]. The Kier molecular flexibility index (Phi) is 5.21. The molecule has 1 N–H and O–H groups in total. The lowest BCUT2D eigenvalue weighted by molar-refractivity contribution is -0.137. The van der Waals surface area contributed by atoms with Crippen molar-refractivity contribution in [3.05, 3.63) is 39.8 Å². The average Bonchev–Trinajstić information content (AvgIpc) is 2.36. The molecule has 0 saturated heterocycles. The highest BCUT2D eigenvalue weighted by atomic mass is 16.5. The van der Waals surface area contributed by atoms with Gasteiger partial charge in [0.25, 0.3) is 0 Å². The van der Waals surface area contributed by atoms with Gasteiger partial charge in [0.05, 0.1) is 19.6 Å². The molecule has 0 bridgehead atoms. The molecule has 6 heteroatoms. The summed E-state index contributed by atoms with van der Waals surface area (Å²) in [6.07, 6.45) is -0.262. The molecule has 0 heterocycles. The zero-order valence-electron chi connectivity index (χ0n) is 11.2. The van der Waals surface area contributed by atoms with Gasteiger partial charge in [-0.1, -0.05) is 31.1 Å². The van der Waals surface area contributed by atoms with Crippen LogP contribution in [0.15, 0.2) is 23.3 Å². The van der Waals surface area contributed by atoms with Gasteiger partial charge in [-0.3, -0.25) is 4.79 Å². The second-order valence-corrected chi connectivity index (χ2v) is 4.47. The molecular formula is C13H17N3O3. The van der Waals surface area contributed by atoms with E-state index in [-0.39, 0.29) is 6.42 Å². The summed E-state index contributed by atoms with van der Waals surface area (Å²) in [6, 6.07) is 4.76. The Morgan fingerprint density at radius 2 is 2.21 bits per heavy atom. The first-order valence-electron chi connectivity index (χ1n) is 5.93. The van der Waals surface area contributed by atoms with E-state index >= 15 is 0 Å². The molecule has 0 amide bonds. The van der Waals surface area contributed by atoms with Gasteiger partial charge in [0.15, 0.2) is 0 Å². The van der Waals surface area contributed by atoms with E-state index in [4.69, 9.17) is 15.4 Å². The Morgan fingerprint density at radius 1 is 1.53 bits per heavy atom. The van der Waals surface area contributed by atoms with Gasteiger partial charge < -0.3 is 9.84 Å². The summed E-state index contributed by atoms with van der Waals surface area (Å²) < 4.78 is 5.21. The maximum atomic E-state index is 10.9. The molecule has 6 nitrogen and oxygen atoms in total. The van der Waals surface area contributed by atoms with Crippen LogP contribution in [0.5, 0.6) is 5.75 Å². The molecule has 0 spiro atoms. The van der Waals surface area contributed by atoms with Crippen LogP contribution in [0.2, 0.25) is 0 Å². The number of benzene rings is 1. The second-order valence-electron chi connectivity index (χ2n) is 4.47. The van der Waals surface area contributed by atoms with Crippen molar-refractivity contribution in [2.75, 3.05) is 7.11 Å². The fraction of sp³-hybridized carbons (Fsp3) is 0.462. The number of nitrogens with zero attached hydrogens (tertiary/aromatic N) is 3. The van der Waals surface area contributed by atoms with Gasteiger partial charge in [0, 0.05) is 10.5 Å². The molecule has 1 rings (SSSR count). The zero-order valence-corrected chi connectivity index (χ0v) is 11.2. The van der Waals surface area contributed by atoms with E-state index < -0.39 is 12.0 Å². The number of rotatable bonds is 6. The summed E-state index contributed by atoms with van der Waals surface area (Å²) in [6.45, 7) is 4.07. The largest absolute Gasteiger partial charge is 0.496 e. The second kappa shape index (κ2) is 6.66. The topological polar surface area (TPSA) is 95.3 Å². The first-order valence-corrected chi connectivity index (χ1v) is 5.93. The van der Waals surface area contributed by atoms with Crippen molar-refractivity contribution < 1.29 is 14.6 Å². The Hall–Kier alpha value is -2.20. The van der Waals surface area contributed by atoms with Gasteiger partial charge in [-0.05, 0) is 23.1 Å². The number of aliphatic carboxylic acids is 1. The predicted molar refractivity (Wildman–Crippen MR) is 71.2 cm³/mol. The first kappa shape index (κ1) is 14.9. The van der Waals surface area contributed by atoms with E-state index in [9.17, 15) is 4.79 Å². The molecule has 102 valence electrons. The average molecular weight is 263 g/mol. The zero-order chi connectivity index (χ0) is 14.4. The molecule has 0 aliphatic carbocycles. The highest BCUT2D eigenvalue weighted by molar-refractivity contribution is 5.68. The number of carboxylic acids is 1. The van der Waals surface area contributed by atoms with Gasteiger partial charge in [-0.2, -0.15) is 0 Å². The lowest BCUT2D eigenvalue weighted by atomic mass is 9.96. The minimum atomic E-state index is -1.02. The van der Waals surface area contributed by atoms with Crippen LogP contribution in [-0.4, -0.2) is 18.2 Å². The molecule has 1 unspecified atom stereocenters. The summed E-state index contributed by atoms with van der Waals surface area (Å²) in [5.41, 5.74) is 10.2. The fourth-order valence-corrected chi connectivity index (χ4v) is 1.81. The Morgan fingerprint density at radius 3 is 2.68 bits per heavy atom. The van der Waals surface area contributed by atoms with E-state index in [0.717, 1.165) is 5.56 Å². The Bertz CT molecular complexity index is 508. The third-order valence-corrected chi connectivity index (χ3v) is 2.84. The van der Waals surface area contributed by atoms with E-state index in [0.29, 0.717) is 17.2 Å². The number of methoxy groups -OCH3 is 1. The molecule has 0 fully saturated rings. The van der Waals surface area contributed by atoms with Crippen LogP contribution in [0.3, 0.4) is 0 Å². The quantitative estimate of drug-likeness (QED) is 0.482. The van der Waals surface area contributed by atoms with Crippen molar-refractivity contribution >= 4 is 5.97 Å². The highest BCUT2D eigenvalue weighted by Gasteiger charge is 2.19. The molecular weight excluding hydrogens is 246 g/mol. The Balaban J connectivity index is 3.28. The van der Waals surface area contributed by atoms with Crippen LogP contribution in [0.4, 0.5) is 0 Å². The fourth-order valence-electron chi connectivity index (χ4n) is 1.81. The minimum Gasteiger partial charge on any atom is -0.496 e. The number of hydrogen-bond acceptors (Lipinski definition) is 3. The number of azide groups is 1. The maximum absolute atomic E-state index is 10.9. The standard InChI is InChI=1S/C13H17N3O3/c1-8(2)9-4-5-12(19-3)10(6-9)11(15-16-14)7-13(17)18/h4-6,8,11H,7H2,1-3H3,(H,17,18). The molecule has 0 saturated carbocycles. The van der Waals surface area contributed by atoms with Crippen LogP contribution < -0.4 is 4.74 Å². The van der Waals surface area contributed by atoms with Gasteiger partial charge in [-0.15, -0.1) is 0 Å². The minimum absolute atomic E-state index is 0.262. The number of hydrogen-bond donors (Lipinski definition) is 1. The van der Waals surface area contributed by atoms with E-state index in [1.807, 2.05) is 26.0 Å². The normalized spacial score (nSPS) is 11.8. The monoisotopic (exact) mass is 263 g/mol. The molecule has 1 aromatic carbocycles. The lowest BCUT2D eigenvalue weighted by Gasteiger charge is -2.16. The molecule has 0 radical (unpaired) electrons. The molecule has 0 aromatic heterocycles.